The van der Waals surface area contributed by atoms with Gasteiger partial charge in [-0.05, 0) is 52.2 Å². The lowest BCUT2D eigenvalue weighted by atomic mass is 10.3. The monoisotopic (exact) mass is 284 g/mol. The Morgan fingerprint density at radius 1 is 1.47 bits per heavy atom. The van der Waals surface area contributed by atoms with Crippen LogP contribution in [0.2, 0.25) is 0 Å². The summed E-state index contributed by atoms with van der Waals surface area (Å²) in [5, 5.41) is 4.34. The largest absolute Gasteiger partial charge is 0.484 e. The van der Waals surface area contributed by atoms with E-state index in [4.69, 9.17) is 10.5 Å². The zero-order chi connectivity index (χ0) is 14.0. The third-order valence-electron chi connectivity index (χ3n) is 3.40. The van der Waals surface area contributed by atoms with Crippen LogP contribution >= 0.6 is 11.5 Å². The molecule has 1 aliphatic rings. The van der Waals surface area contributed by atoms with Crippen LogP contribution in [0.25, 0.3) is 0 Å². The molecule has 108 valence electrons. The van der Waals surface area contributed by atoms with E-state index < -0.39 is 0 Å². The molecule has 0 saturated heterocycles. The first-order valence-corrected chi connectivity index (χ1v) is 7.64. The summed E-state index contributed by atoms with van der Waals surface area (Å²) in [5.41, 5.74) is 5.84. The van der Waals surface area contributed by atoms with E-state index >= 15 is 0 Å². The molecule has 0 bridgehead atoms. The van der Waals surface area contributed by atoms with Gasteiger partial charge in [-0.25, -0.2) is 0 Å². The Morgan fingerprint density at radius 2 is 2.16 bits per heavy atom. The molecule has 1 aromatic heterocycles. The minimum Gasteiger partial charge on any atom is -0.484 e. The van der Waals surface area contributed by atoms with Crippen LogP contribution in [0.4, 0.5) is 10.8 Å². The predicted molar refractivity (Wildman–Crippen MR) is 81.0 cm³/mol. The highest BCUT2D eigenvalue weighted by Crippen LogP contribution is 2.36. The first-order valence-electron chi connectivity index (χ1n) is 6.86. The number of rotatable bonds is 7. The second-order valence-electron chi connectivity index (χ2n) is 5.52. The predicted octanol–water partition coefficient (Wildman–Crippen LogP) is 2.41. The minimum atomic E-state index is 0.103. The molecule has 3 N–H and O–H groups in total. The van der Waals surface area contributed by atoms with E-state index in [1.165, 1.54) is 24.4 Å². The molecule has 19 heavy (non-hydrogen) atoms. The number of nitrogens with two attached hydrogens (primary N) is 1. The van der Waals surface area contributed by atoms with Gasteiger partial charge in [0.15, 0.2) is 16.6 Å². The summed E-state index contributed by atoms with van der Waals surface area (Å²) in [4.78, 5) is 2.43. The van der Waals surface area contributed by atoms with Crippen molar-refractivity contribution < 1.29 is 4.74 Å². The number of likely N-dealkylation sites (N-methyl/N-ethyl adjacent to an activating group) is 1. The van der Waals surface area contributed by atoms with Gasteiger partial charge in [0, 0.05) is 18.6 Å². The van der Waals surface area contributed by atoms with Crippen LogP contribution in [-0.4, -0.2) is 41.1 Å². The third-order valence-corrected chi connectivity index (χ3v) is 4.20. The topological polar surface area (TPSA) is 63.4 Å². The Morgan fingerprint density at radius 3 is 2.74 bits per heavy atom. The van der Waals surface area contributed by atoms with E-state index in [0.717, 1.165) is 17.6 Å². The van der Waals surface area contributed by atoms with E-state index in [2.05, 4.69) is 28.6 Å². The molecular formula is C13H24N4OS. The van der Waals surface area contributed by atoms with Gasteiger partial charge in [-0.2, -0.15) is 4.37 Å². The zero-order valence-electron chi connectivity index (χ0n) is 12.1. The Balaban J connectivity index is 1.91. The van der Waals surface area contributed by atoms with Gasteiger partial charge in [-0.15, -0.1) is 0 Å². The molecule has 1 unspecified atom stereocenters. The molecule has 0 aromatic carbocycles. The van der Waals surface area contributed by atoms with Gasteiger partial charge in [-0.3, -0.25) is 4.90 Å². The van der Waals surface area contributed by atoms with Crippen LogP contribution in [0.3, 0.4) is 0 Å². The van der Waals surface area contributed by atoms with Crippen molar-refractivity contribution in [3.63, 3.8) is 0 Å². The standard InChI is InChI=1S/C13H24N4OS/c1-8(2)18-11-12(14)16-19-13(11)15-7-9(3)17(4)10-5-6-10/h8-10,15H,5-7H2,1-4H3,(H2,14,16). The molecule has 2 rings (SSSR count). The molecule has 5 nitrogen and oxygen atoms in total. The van der Waals surface area contributed by atoms with E-state index in [-0.39, 0.29) is 6.10 Å². The maximum atomic E-state index is 5.84. The van der Waals surface area contributed by atoms with E-state index in [1.807, 2.05) is 13.8 Å². The second kappa shape index (κ2) is 5.96. The van der Waals surface area contributed by atoms with Gasteiger partial charge >= 0.3 is 0 Å². The molecule has 1 atom stereocenters. The van der Waals surface area contributed by atoms with E-state index in [9.17, 15) is 0 Å². The lowest BCUT2D eigenvalue weighted by Gasteiger charge is -2.24. The van der Waals surface area contributed by atoms with E-state index in [1.54, 1.807) is 0 Å². The number of aromatic nitrogens is 1. The summed E-state index contributed by atoms with van der Waals surface area (Å²) < 4.78 is 9.87. The lowest BCUT2D eigenvalue weighted by molar-refractivity contribution is 0.244. The van der Waals surface area contributed by atoms with Crippen LogP contribution in [0.15, 0.2) is 0 Å². The lowest BCUT2D eigenvalue weighted by Crippen LogP contribution is -2.36. The van der Waals surface area contributed by atoms with Gasteiger partial charge in [0.1, 0.15) is 0 Å². The molecule has 0 spiro atoms. The fraction of sp³-hybridized carbons (Fsp3) is 0.769. The Bertz CT molecular complexity index is 417. The van der Waals surface area contributed by atoms with Crippen molar-refractivity contribution >= 4 is 22.4 Å². The molecule has 1 fully saturated rings. The molecule has 1 aliphatic carbocycles. The number of nitrogens with one attached hydrogen (secondary N) is 1. The van der Waals surface area contributed by atoms with Gasteiger partial charge in [0.2, 0.25) is 0 Å². The minimum absolute atomic E-state index is 0.103. The average molecular weight is 284 g/mol. The first kappa shape index (κ1) is 14.4. The quantitative estimate of drug-likeness (QED) is 0.805. The van der Waals surface area contributed by atoms with Gasteiger partial charge in [-0.1, -0.05) is 0 Å². The number of hydrogen-bond acceptors (Lipinski definition) is 6. The summed E-state index contributed by atoms with van der Waals surface area (Å²) in [6.07, 6.45) is 2.76. The molecule has 1 saturated carbocycles. The molecule has 0 radical (unpaired) electrons. The highest BCUT2D eigenvalue weighted by Gasteiger charge is 2.29. The van der Waals surface area contributed by atoms with Crippen molar-refractivity contribution in [1.82, 2.24) is 9.27 Å². The molecule has 0 aliphatic heterocycles. The van der Waals surface area contributed by atoms with E-state index in [0.29, 0.717) is 17.6 Å². The molecule has 1 heterocycles. The van der Waals surface area contributed by atoms with Crippen LogP contribution in [0.5, 0.6) is 5.75 Å². The zero-order valence-corrected chi connectivity index (χ0v) is 13.0. The highest BCUT2D eigenvalue weighted by atomic mass is 32.1. The fourth-order valence-corrected chi connectivity index (χ4v) is 2.64. The second-order valence-corrected chi connectivity index (χ2v) is 6.29. The number of hydrogen-bond donors (Lipinski definition) is 2. The van der Waals surface area contributed by atoms with Gasteiger partial charge in [0.05, 0.1) is 6.10 Å². The van der Waals surface area contributed by atoms with Gasteiger partial charge in [0.25, 0.3) is 0 Å². The van der Waals surface area contributed by atoms with Crippen LogP contribution in [0.1, 0.15) is 33.6 Å². The molecule has 6 heteroatoms. The van der Waals surface area contributed by atoms with Crippen molar-refractivity contribution in [3.8, 4) is 5.75 Å². The smallest absolute Gasteiger partial charge is 0.197 e. The number of ether oxygens (including phenoxy) is 1. The average Bonchev–Trinajstić information content (AvgIpc) is 3.14. The summed E-state index contributed by atoms with van der Waals surface area (Å²) in [5.74, 6) is 1.17. The summed E-state index contributed by atoms with van der Waals surface area (Å²) in [7, 11) is 2.19. The van der Waals surface area contributed by atoms with Crippen LogP contribution in [-0.2, 0) is 0 Å². The number of nitrogen functional groups attached to an aromatic ring is 1. The van der Waals surface area contributed by atoms with Crippen LogP contribution in [0, 0.1) is 0 Å². The summed E-state index contributed by atoms with van der Waals surface area (Å²) in [6, 6.07) is 1.26. The summed E-state index contributed by atoms with van der Waals surface area (Å²) in [6.45, 7) is 7.09. The number of nitrogens with zero attached hydrogens (tertiary/aromatic N) is 2. The Labute approximate surface area is 119 Å². The summed E-state index contributed by atoms with van der Waals surface area (Å²) >= 11 is 1.37. The maximum absolute atomic E-state index is 5.84. The fourth-order valence-electron chi connectivity index (χ4n) is 1.98. The maximum Gasteiger partial charge on any atom is 0.197 e. The van der Waals surface area contributed by atoms with Crippen LogP contribution < -0.4 is 15.8 Å². The number of anilines is 2. The van der Waals surface area contributed by atoms with Gasteiger partial charge < -0.3 is 15.8 Å². The van der Waals surface area contributed by atoms with Crippen molar-refractivity contribution in [1.29, 1.82) is 0 Å². The van der Waals surface area contributed by atoms with Crippen molar-refractivity contribution in [3.05, 3.63) is 0 Å². The molecule has 0 amide bonds. The Kier molecular flexibility index (Phi) is 4.52. The van der Waals surface area contributed by atoms with Crippen molar-refractivity contribution in [2.45, 2.75) is 51.8 Å². The SMILES string of the molecule is CC(C)Oc1c(N)nsc1NCC(C)N(C)C1CC1. The third kappa shape index (κ3) is 3.73. The molecular weight excluding hydrogens is 260 g/mol. The molecule has 1 aromatic rings. The highest BCUT2D eigenvalue weighted by molar-refractivity contribution is 7.11. The van der Waals surface area contributed by atoms with Crippen molar-refractivity contribution in [2.75, 3.05) is 24.6 Å². The first-order chi connectivity index (χ1) is 8.99. The van der Waals surface area contributed by atoms with Crippen molar-refractivity contribution in [2.24, 2.45) is 0 Å². The normalized spacial score (nSPS) is 16.9. The Hall–Kier alpha value is -1.01.